The zero-order valence-corrected chi connectivity index (χ0v) is 28.2. The van der Waals surface area contributed by atoms with Gasteiger partial charge in [0, 0.05) is 12.8 Å². The third kappa shape index (κ3) is 9.23. The van der Waals surface area contributed by atoms with E-state index in [0.717, 1.165) is 21.5 Å². The van der Waals surface area contributed by atoms with Gasteiger partial charge in [0.1, 0.15) is 10.0 Å². The number of nitrogens with one attached hydrogen (secondary N) is 2. The number of amides is 2. The molecule has 4 rings (SSSR count). The number of benzene rings is 2. The van der Waals surface area contributed by atoms with Crippen LogP contribution in [0.2, 0.25) is 0 Å². The summed E-state index contributed by atoms with van der Waals surface area (Å²) in [5, 5.41) is 46.1. The van der Waals surface area contributed by atoms with Crippen molar-refractivity contribution in [3.05, 3.63) is 81.8 Å². The predicted octanol–water partition coefficient (Wildman–Crippen LogP) is 4.61. The minimum Gasteiger partial charge on any atom is -0.375 e. The van der Waals surface area contributed by atoms with Crippen LogP contribution in [0.25, 0.3) is 0 Å². The highest BCUT2D eigenvalue weighted by Crippen LogP contribution is 2.29. The number of aromatic nitrogens is 4. The molecule has 2 heterocycles. The molecule has 0 aliphatic heterocycles. The first kappa shape index (κ1) is 36.7. The van der Waals surface area contributed by atoms with Gasteiger partial charge in [-0.05, 0) is 35.5 Å². The van der Waals surface area contributed by atoms with Gasteiger partial charge >= 0.3 is 0 Å². The van der Waals surface area contributed by atoms with Crippen molar-refractivity contribution in [1.29, 1.82) is 0 Å². The van der Waals surface area contributed by atoms with Crippen molar-refractivity contribution in [3.63, 3.8) is 0 Å². The molecule has 0 radical (unpaired) electrons. The Morgan fingerprint density at radius 3 is 1.42 bits per heavy atom. The summed E-state index contributed by atoms with van der Waals surface area (Å²) in [7, 11) is 0. The van der Waals surface area contributed by atoms with Crippen molar-refractivity contribution in [1.82, 2.24) is 20.4 Å². The molecule has 4 N–H and O–H groups in total. The Kier molecular flexibility index (Phi) is 14.6. The van der Waals surface area contributed by atoms with E-state index in [1.807, 2.05) is 12.1 Å². The molecule has 4 aromatic rings. The lowest BCUT2D eigenvalue weighted by Gasteiger charge is -2.25. The first-order valence-corrected chi connectivity index (χ1v) is 16.0. The van der Waals surface area contributed by atoms with Gasteiger partial charge in [-0.15, -0.1) is 20.4 Å². The number of hydrogen-bond donors (Lipinski definition) is 4. The van der Waals surface area contributed by atoms with Crippen LogP contribution < -0.4 is 10.6 Å². The van der Waals surface area contributed by atoms with Gasteiger partial charge in [-0.3, -0.25) is 20.2 Å². The van der Waals surface area contributed by atoms with Crippen LogP contribution in [0.4, 0.5) is 10.3 Å². The Labute approximate surface area is 277 Å². The smallest absolute Gasteiger partial charge is 0.262 e. The van der Waals surface area contributed by atoms with E-state index in [4.69, 9.17) is 0 Å². The quantitative estimate of drug-likeness (QED) is 0.140. The van der Waals surface area contributed by atoms with Gasteiger partial charge in [0.15, 0.2) is 11.2 Å². The number of carbonyl (C=O) groups is 2. The van der Waals surface area contributed by atoms with Crippen molar-refractivity contribution in [2.24, 2.45) is 0 Å². The van der Waals surface area contributed by atoms with Gasteiger partial charge in [0.2, 0.25) is 10.3 Å². The molecule has 2 amide bonds. The van der Waals surface area contributed by atoms with Crippen LogP contribution in [0, 0.1) is 0 Å². The highest BCUT2D eigenvalue weighted by atomic mass is 32.2. The van der Waals surface area contributed by atoms with E-state index in [2.05, 4.69) is 31.0 Å². The van der Waals surface area contributed by atoms with E-state index in [1.165, 1.54) is 22.7 Å². The number of rotatable bonds is 14. The summed E-state index contributed by atoms with van der Waals surface area (Å²) in [4.78, 5) is 25.7. The van der Waals surface area contributed by atoms with E-state index in [1.54, 1.807) is 74.1 Å². The van der Waals surface area contributed by atoms with Crippen LogP contribution >= 0.6 is 61.4 Å². The summed E-state index contributed by atoms with van der Waals surface area (Å²) in [6, 6.07) is 17.7. The van der Waals surface area contributed by atoms with Crippen LogP contribution in [-0.2, 0) is 33.6 Å². The molecule has 0 spiro atoms. The summed E-state index contributed by atoms with van der Waals surface area (Å²) >= 11 is 4.30. The summed E-state index contributed by atoms with van der Waals surface area (Å²) in [5.74, 6) is 0.536. The summed E-state index contributed by atoms with van der Waals surface area (Å²) in [5.41, 5.74) is -2.23. The minimum atomic E-state index is -1.64. The molecule has 232 valence electrons. The number of hydrogen-bond acceptors (Lipinski definition) is 11. The zero-order valence-electron chi connectivity index (χ0n) is 23.7. The van der Waals surface area contributed by atoms with Gasteiger partial charge in [-0.1, -0.05) is 97.2 Å². The highest BCUT2D eigenvalue weighted by Gasteiger charge is 2.37. The standard InChI is InChI=1S/C28H32N6O4S3.2H2S/c1-3-27(37,19-11-7-5-8-12-19)23(35)29-25-33-31-21(40-25)15-17-39-18-16-22-32-34-26(41-22)30-24(36)28(38,4-2)20-13-9-6-10-14-20;;/h5-14,37-38H,3-4,15-18H2,1-2H3,(H,29,33,35)(H,30,34,36);2*1H2/t27-,28-;;/m1../s1. The van der Waals surface area contributed by atoms with Gasteiger partial charge in [0.05, 0.1) is 0 Å². The maximum Gasteiger partial charge on any atom is 0.262 e. The van der Waals surface area contributed by atoms with E-state index in [0.29, 0.717) is 34.2 Å². The minimum absolute atomic E-state index is 0. The fraction of sp³-hybridized carbons (Fsp3) is 0.357. The normalized spacial score (nSPS) is 13.5. The van der Waals surface area contributed by atoms with Crippen molar-refractivity contribution in [3.8, 4) is 0 Å². The lowest BCUT2D eigenvalue weighted by atomic mass is 9.90. The molecule has 2 aromatic carbocycles. The maximum atomic E-state index is 12.8. The average Bonchev–Trinajstić information content (AvgIpc) is 3.65. The van der Waals surface area contributed by atoms with Crippen molar-refractivity contribution in [2.45, 2.75) is 50.7 Å². The second kappa shape index (κ2) is 17.1. The number of aryl methyl sites for hydroxylation is 2. The van der Waals surface area contributed by atoms with Gasteiger partial charge in [-0.25, -0.2) is 0 Å². The lowest BCUT2D eigenvalue weighted by molar-refractivity contribution is -0.135. The van der Waals surface area contributed by atoms with Gasteiger partial charge in [-0.2, -0.15) is 38.8 Å². The summed E-state index contributed by atoms with van der Waals surface area (Å²) in [6.07, 6.45) is 1.81. The SMILES string of the molecule is CC[C@](O)(C(=O)Nc1nnc(CCSCCc2nnc(NC(=O)[C@@](O)(CC)c3ccccc3)s2)s1)c1ccccc1.S.S. The van der Waals surface area contributed by atoms with Crippen LogP contribution in [-0.4, -0.2) is 53.9 Å². The number of anilines is 2. The molecule has 0 unspecified atom stereocenters. The zero-order chi connectivity index (χ0) is 29.3. The molecule has 0 aliphatic carbocycles. The molecule has 43 heavy (non-hydrogen) atoms. The molecule has 0 bridgehead atoms. The second-order valence-electron chi connectivity index (χ2n) is 9.18. The summed E-state index contributed by atoms with van der Waals surface area (Å²) < 4.78 is 0. The van der Waals surface area contributed by atoms with E-state index < -0.39 is 23.0 Å². The number of aliphatic hydroxyl groups is 2. The largest absolute Gasteiger partial charge is 0.375 e. The maximum absolute atomic E-state index is 12.8. The third-order valence-electron chi connectivity index (χ3n) is 6.57. The van der Waals surface area contributed by atoms with Gasteiger partial charge in [0.25, 0.3) is 11.8 Å². The molecule has 10 nitrogen and oxygen atoms in total. The third-order valence-corrected chi connectivity index (χ3v) is 9.35. The molecular formula is C28H36N6O4S5. The second-order valence-corrected chi connectivity index (χ2v) is 12.5. The number of nitrogens with zero attached hydrogens (tertiary/aromatic N) is 4. The van der Waals surface area contributed by atoms with Gasteiger partial charge < -0.3 is 10.2 Å². The fourth-order valence-electron chi connectivity index (χ4n) is 4.05. The number of carbonyl (C=O) groups excluding carboxylic acids is 2. The first-order valence-electron chi connectivity index (χ1n) is 13.2. The first-order chi connectivity index (χ1) is 19.8. The molecule has 0 saturated carbocycles. The van der Waals surface area contributed by atoms with Crippen LogP contribution in [0.3, 0.4) is 0 Å². The Balaban J connectivity index is 0.00000323. The van der Waals surface area contributed by atoms with Crippen LogP contribution in [0.15, 0.2) is 60.7 Å². The monoisotopic (exact) mass is 680 g/mol. The average molecular weight is 681 g/mol. The predicted molar refractivity (Wildman–Crippen MR) is 184 cm³/mol. The van der Waals surface area contributed by atoms with Crippen molar-refractivity contribution >= 4 is 83.5 Å². The Morgan fingerprint density at radius 2 is 1.07 bits per heavy atom. The molecule has 0 saturated heterocycles. The molecule has 0 aliphatic rings. The molecule has 2 atom stereocenters. The topological polar surface area (TPSA) is 150 Å². The van der Waals surface area contributed by atoms with E-state index >= 15 is 0 Å². The molecule has 0 fully saturated rings. The highest BCUT2D eigenvalue weighted by molar-refractivity contribution is 7.99. The fourth-order valence-corrected chi connectivity index (χ4v) is 6.66. The van der Waals surface area contributed by atoms with E-state index in [9.17, 15) is 19.8 Å². The van der Waals surface area contributed by atoms with Crippen molar-refractivity contribution < 1.29 is 19.8 Å². The van der Waals surface area contributed by atoms with Crippen LogP contribution in [0.1, 0.15) is 47.8 Å². The Morgan fingerprint density at radius 1 is 0.698 bits per heavy atom. The lowest BCUT2D eigenvalue weighted by Crippen LogP contribution is -2.39. The molecular weight excluding hydrogens is 645 g/mol. The van der Waals surface area contributed by atoms with Crippen LogP contribution in [0.5, 0.6) is 0 Å². The number of thioether (sulfide) groups is 1. The molecule has 15 heteroatoms. The summed E-state index contributed by atoms with van der Waals surface area (Å²) in [6.45, 7) is 3.51. The van der Waals surface area contributed by atoms with E-state index in [-0.39, 0.29) is 39.8 Å². The van der Waals surface area contributed by atoms with Crippen molar-refractivity contribution in [2.75, 3.05) is 22.1 Å². The molecule has 2 aromatic heterocycles. The Bertz CT molecular complexity index is 1330. The Hall–Kier alpha value is -2.53.